The number of rotatable bonds is 5. The van der Waals surface area contributed by atoms with Crippen LogP contribution in [-0.2, 0) is 4.74 Å². The van der Waals surface area contributed by atoms with E-state index in [9.17, 15) is 0 Å². The number of hydrogen-bond acceptors (Lipinski definition) is 5. The second-order valence-corrected chi connectivity index (χ2v) is 3.87. The van der Waals surface area contributed by atoms with Crippen LogP contribution in [0.15, 0.2) is 34.9 Å². The van der Waals surface area contributed by atoms with Crippen molar-refractivity contribution < 1.29 is 13.9 Å². The zero-order valence-corrected chi connectivity index (χ0v) is 10.6. The molecule has 1 heterocycles. The maximum absolute atomic E-state index is 9.02. The van der Waals surface area contributed by atoms with Gasteiger partial charge in [0.2, 0.25) is 5.88 Å². The average Bonchev–Trinajstić information content (AvgIpc) is 2.81. The smallest absolute Gasteiger partial charge is 0.208 e. The van der Waals surface area contributed by atoms with Gasteiger partial charge in [-0.05, 0) is 17.7 Å². The first kappa shape index (κ1) is 13.0. The summed E-state index contributed by atoms with van der Waals surface area (Å²) in [7, 11) is 1.62. The van der Waals surface area contributed by atoms with Crippen LogP contribution in [0, 0.1) is 11.3 Å². The van der Waals surface area contributed by atoms with Crippen molar-refractivity contribution in [2.75, 3.05) is 26.1 Å². The summed E-state index contributed by atoms with van der Waals surface area (Å²) in [6, 6.07) is 9.40. The minimum atomic E-state index is 0.137. The molecule has 2 aromatic rings. The van der Waals surface area contributed by atoms with E-state index in [1.165, 1.54) is 6.26 Å². The fraction of sp³-hybridized carbons (Fsp3) is 0.214. The minimum Gasteiger partial charge on any atom is -0.491 e. The SMILES string of the molecule is COCCOc1ccc(-c2coc(N)c2C#N)cc1. The van der Waals surface area contributed by atoms with Gasteiger partial charge >= 0.3 is 0 Å². The fourth-order valence-electron chi connectivity index (χ4n) is 1.67. The molecule has 0 spiro atoms. The highest BCUT2D eigenvalue weighted by Crippen LogP contribution is 2.30. The van der Waals surface area contributed by atoms with Crippen LogP contribution in [0.3, 0.4) is 0 Å². The molecule has 98 valence electrons. The standard InChI is InChI=1S/C14H14N2O3/c1-17-6-7-18-11-4-2-10(3-5-11)13-9-19-14(16)12(13)8-15/h2-5,9H,6-7,16H2,1H3. The predicted octanol–water partition coefficient (Wildman–Crippen LogP) is 2.43. The van der Waals surface area contributed by atoms with E-state index in [1.54, 1.807) is 7.11 Å². The molecule has 0 radical (unpaired) electrons. The third-order valence-electron chi connectivity index (χ3n) is 2.65. The Kier molecular flexibility index (Phi) is 4.06. The van der Waals surface area contributed by atoms with Gasteiger partial charge in [-0.25, -0.2) is 0 Å². The summed E-state index contributed by atoms with van der Waals surface area (Å²) in [5.41, 5.74) is 7.47. The van der Waals surface area contributed by atoms with E-state index < -0.39 is 0 Å². The van der Waals surface area contributed by atoms with Crippen LogP contribution >= 0.6 is 0 Å². The number of nitrogen functional groups attached to an aromatic ring is 1. The number of nitrogens with two attached hydrogens (primary N) is 1. The summed E-state index contributed by atoms with van der Waals surface area (Å²) in [5, 5.41) is 9.02. The van der Waals surface area contributed by atoms with Crippen molar-refractivity contribution >= 4 is 5.88 Å². The molecule has 0 aliphatic heterocycles. The van der Waals surface area contributed by atoms with E-state index in [4.69, 9.17) is 24.9 Å². The number of ether oxygens (including phenoxy) is 2. The summed E-state index contributed by atoms with van der Waals surface area (Å²) in [6.45, 7) is 1.04. The fourth-order valence-corrected chi connectivity index (χ4v) is 1.67. The van der Waals surface area contributed by atoms with E-state index in [-0.39, 0.29) is 5.88 Å². The second kappa shape index (κ2) is 5.94. The number of nitriles is 1. The zero-order valence-electron chi connectivity index (χ0n) is 10.6. The van der Waals surface area contributed by atoms with E-state index in [1.807, 2.05) is 30.3 Å². The lowest BCUT2D eigenvalue weighted by Crippen LogP contribution is -2.03. The molecule has 0 aliphatic rings. The molecule has 0 aliphatic carbocycles. The Morgan fingerprint density at radius 1 is 1.26 bits per heavy atom. The molecule has 0 saturated carbocycles. The summed E-state index contributed by atoms with van der Waals surface area (Å²) >= 11 is 0. The Bertz CT molecular complexity index is 582. The Morgan fingerprint density at radius 2 is 2.00 bits per heavy atom. The topological polar surface area (TPSA) is 81.4 Å². The van der Waals surface area contributed by atoms with Crippen molar-refractivity contribution in [2.24, 2.45) is 0 Å². The lowest BCUT2D eigenvalue weighted by Gasteiger charge is -2.06. The molecule has 0 amide bonds. The molecule has 2 rings (SSSR count). The lowest BCUT2D eigenvalue weighted by molar-refractivity contribution is 0.146. The highest BCUT2D eigenvalue weighted by Gasteiger charge is 2.12. The van der Waals surface area contributed by atoms with Crippen molar-refractivity contribution in [2.45, 2.75) is 0 Å². The van der Waals surface area contributed by atoms with Crippen LogP contribution in [0.5, 0.6) is 5.75 Å². The molecule has 1 aromatic heterocycles. The van der Waals surface area contributed by atoms with Crippen LogP contribution < -0.4 is 10.5 Å². The van der Waals surface area contributed by atoms with Crippen molar-refractivity contribution in [3.63, 3.8) is 0 Å². The Balaban J connectivity index is 2.16. The molecular weight excluding hydrogens is 244 g/mol. The van der Waals surface area contributed by atoms with Crippen molar-refractivity contribution in [3.05, 3.63) is 36.1 Å². The van der Waals surface area contributed by atoms with Gasteiger partial charge in [0.15, 0.2) is 0 Å². The van der Waals surface area contributed by atoms with Crippen molar-refractivity contribution in [1.82, 2.24) is 0 Å². The van der Waals surface area contributed by atoms with Gasteiger partial charge in [0, 0.05) is 12.7 Å². The van der Waals surface area contributed by atoms with Gasteiger partial charge in [-0.15, -0.1) is 0 Å². The zero-order chi connectivity index (χ0) is 13.7. The molecule has 5 nitrogen and oxygen atoms in total. The second-order valence-electron chi connectivity index (χ2n) is 3.87. The molecule has 0 saturated heterocycles. The van der Waals surface area contributed by atoms with Crippen LogP contribution in [-0.4, -0.2) is 20.3 Å². The molecule has 0 unspecified atom stereocenters. The molecule has 19 heavy (non-hydrogen) atoms. The monoisotopic (exact) mass is 258 g/mol. The maximum Gasteiger partial charge on any atom is 0.208 e. The van der Waals surface area contributed by atoms with Gasteiger partial charge in [-0.1, -0.05) is 12.1 Å². The highest BCUT2D eigenvalue weighted by molar-refractivity contribution is 5.74. The molecule has 0 fully saturated rings. The van der Waals surface area contributed by atoms with Gasteiger partial charge in [0.05, 0.1) is 6.61 Å². The molecule has 0 bridgehead atoms. The number of benzene rings is 1. The third kappa shape index (κ3) is 2.87. The number of methoxy groups -OCH3 is 1. The van der Waals surface area contributed by atoms with Crippen LogP contribution in [0.2, 0.25) is 0 Å². The van der Waals surface area contributed by atoms with Crippen LogP contribution in [0.4, 0.5) is 5.88 Å². The van der Waals surface area contributed by atoms with Gasteiger partial charge in [-0.3, -0.25) is 0 Å². The van der Waals surface area contributed by atoms with E-state index in [0.29, 0.717) is 24.3 Å². The first-order valence-electron chi connectivity index (χ1n) is 5.75. The molecule has 1 aromatic carbocycles. The summed E-state index contributed by atoms with van der Waals surface area (Å²) in [4.78, 5) is 0. The van der Waals surface area contributed by atoms with Crippen molar-refractivity contribution in [1.29, 1.82) is 5.26 Å². The Labute approximate surface area is 111 Å². The summed E-state index contributed by atoms with van der Waals surface area (Å²) in [5.74, 6) is 0.883. The van der Waals surface area contributed by atoms with E-state index >= 15 is 0 Å². The minimum absolute atomic E-state index is 0.137. The van der Waals surface area contributed by atoms with E-state index in [2.05, 4.69) is 0 Å². The maximum atomic E-state index is 9.02. The number of furan rings is 1. The molecular formula is C14H14N2O3. The van der Waals surface area contributed by atoms with Gasteiger partial charge < -0.3 is 19.6 Å². The van der Waals surface area contributed by atoms with Crippen LogP contribution in [0.1, 0.15) is 5.56 Å². The quantitative estimate of drug-likeness (QED) is 0.833. The predicted molar refractivity (Wildman–Crippen MR) is 70.6 cm³/mol. The summed E-state index contributed by atoms with van der Waals surface area (Å²) < 4.78 is 15.4. The van der Waals surface area contributed by atoms with E-state index in [0.717, 1.165) is 11.3 Å². The van der Waals surface area contributed by atoms with Gasteiger partial charge in [-0.2, -0.15) is 5.26 Å². The third-order valence-corrected chi connectivity index (χ3v) is 2.65. The Morgan fingerprint density at radius 3 is 2.63 bits per heavy atom. The normalized spacial score (nSPS) is 10.1. The van der Waals surface area contributed by atoms with Gasteiger partial charge in [0.25, 0.3) is 0 Å². The first-order valence-corrected chi connectivity index (χ1v) is 5.75. The number of hydrogen-bond donors (Lipinski definition) is 1. The van der Waals surface area contributed by atoms with Crippen LogP contribution in [0.25, 0.3) is 11.1 Å². The van der Waals surface area contributed by atoms with Crippen molar-refractivity contribution in [3.8, 4) is 22.9 Å². The lowest BCUT2D eigenvalue weighted by atomic mass is 10.0. The average molecular weight is 258 g/mol. The molecule has 2 N–H and O–H groups in total. The number of nitrogens with zero attached hydrogens (tertiary/aromatic N) is 1. The van der Waals surface area contributed by atoms with Gasteiger partial charge in [0.1, 0.15) is 30.3 Å². The molecule has 0 atom stereocenters. The Hall–Kier alpha value is -2.45. The highest BCUT2D eigenvalue weighted by atomic mass is 16.5. The largest absolute Gasteiger partial charge is 0.491 e. The molecule has 5 heteroatoms. The summed E-state index contributed by atoms with van der Waals surface area (Å²) in [6.07, 6.45) is 1.48. The first-order chi connectivity index (χ1) is 9.26. The number of anilines is 1.